The lowest BCUT2D eigenvalue weighted by Crippen LogP contribution is -2.21. The Hall–Kier alpha value is -3.43. The Morgan fingerprint density at radius 3 is 2.62 bits per heavy atom. The molecule has 3 N–H and O–H groups in total. The van der Waals surface area contributed by atoms with Crippen molar-refractivity contribution in [1.29, 1.82) is 0 Å². The normalized spacial score (nSPS) is 11.0. The summed E-state index contributed by atoms with van der Waals surface area (Å²) in [5.74, 6) is -1.96. The fourth-order valence-electron chi connectivity index (χ4n) is 2.83. The van der Waals surface area contributed by atoms with E-state index >= 15 is 0 Å². The average Bonchev–Trinajstić information content (AvgIpc) is 3.31. The molecule has 0 spiro atoms. The molecule has 0 aliphatic heterocycles. The number of primary amides is 1. The van der Waals surface area contributed by atoms with Crippen LogP contribution in [0.1, 0.15) is 32.7 Å². The van der Waals surface area contributed by atoms with Crippen molar-refractivity contribution in [3.8, 4) is 0 Å². The minimum absolute atomic E-state index is 0.197. The van der Waals surface area contributed by atoms with Crippen molar-refractivity contribution < 1.29 is 19.1 Å². The molecular formula is C22H21ClN4O4S. The average molecular weight is 473 g/mol. The maximum atomic E-state index is 12.0. The topological polar surface area (TPSA) is 116 Å². The van der Waals surface area contributed by atoms with E-state index < -0.39 is 24.4 Å². The number of hydrogen-bond donors (Lipinski definition) is 2. The quantitative estimate of drug-likeness (QED) is 0.384. The van der Waals surface area contributed by atoms with Crippen molar-refractivity contribution in [2.45, 2.75) is 20.4 Å². The predicted molar refractivity (Wildman–Crippen MR) is 124 cm³/mol. The van der Waals surface area contributed by atoms with Gasteiger partial charge in [-0.05, 0) is 36.9 Å². The summed E-state index contributed by atoms with van der Waals surface area (Å²) in [6.45, 7) is 3.78. The highest BCUT2D eigenvalue weighted by atomic mass is 35.5. The van der Waals surface area contributed by atoms with Gasteiger partial charge in [0.1, 0.15) is 10.2 Å². The van der Waals surface area contributed by atoms with Gasteiger partial charge >= 0.3 is 5.97 Å². The van der Waals surface area contributed by atoms with Crippen molar-refractivity contribution in [3.63, 3.8) is 0 Å². The Bertz CT molecular complexity index is 1180. The first-order chi connectivity index (χ1) is 15.2. The summed E-state index contributed by atoms with van der Waals surface area (Å²) < 4.78 is 6.60. The van der Waals surface area contributed by atoms with Gasteiger partial charge in [0.25, 0.3) is 11.8 Å². The number of anilines is 1. The molecule has 0 bridgehead atoms. The van der Waals surface area contributed by atoms with Gasteiger partial charge in [-0.25, -0.2) is 9.48 Å². The second-order valence-electron chi connectivity index (χ2n) is 6.95. The third kappa shape index (κ3) is 5.83. The lowest BCUT2D eigenvalue weighted by atomic mass is 10.1. The summed E-state index contributed by atoms with van der Waals surface area (Å²) >= 11 is 7.58. The Labute approximate surface area is 193 Å². The zero-order valence-electron chi connectivity index (χ0n) is 17.4. The molecule has 0 unspecified atom stereocenters. The number of nitrogens with two attached hydrogens (primary N) is 1. The van der Waals surface area contributed by atoms with Gasteiger partial charge in [0.05, 0.1) is 17.8 Å². The van der Waals surface area contributed by atoms with E-state index in [4.69, 9.17) is 22.1 Å². The largest absolute Gasteiger partial charge is 0.452 e. The molecule has 0 saturated carbocycles. The number of aromatic nitrogens is 2. The summed E-state index contributed by atoms with van der Waals surface area (Å²) in [4.78, 5) is 35.3. The molecule has 3 aromatic rings. The predicted octanol–water partition coefficient (Wildman–Crippen LogP) is 3.56. The Kier molecular flexibility index (Phi) is 7.45. The molecule has 10 heteroatoms. The highest BCUT2D eigenvalue weighted by Crippen LogP contribution is 2.23. The lowest BCUT2D eigenvalue weighted by Gasteiger charge is -2.05. The summed E-state index contributed by atoms with van der Waals surface area (Å²) in [6.07, 6.45) is 2.68. The Morgan fingerprint density at radius 2 is 1.94 bits per heavy atom. The van der Waals surface area contributed by atoms with Gasteiger partial charge in [-0.1, -0.05) is 41.4 Å². The number of ether oxygens (including phenoxy) is 1. The van der Waals surface area contributed by atoms with E-state index in [0.717, 1.165) is 22.5 Å². The molecule has 166 valence electrons. The van der Waals surface area contributed by atoms with Crippen LogP contribution < -0.4 is 11.1 Å². The van der Waals surface area contributed by atoms with E-state index in [-0.39, 0.29) is 5.56 Å². The molecule has 0 radical (unpaired) electrons. The van der Waals surface area contributed by atoms with E-state index in [1.807, 2.05) is 31.2 Å². The summed E-state index contributed by atoms with van der Waals surface area (Å²) in [7, 11) is 0. The number of esters is 1. The number of rotatable bonds is 8. The molecule has 0 aliphatic rings. The van der Waals surface area contributed by atoms with Crippen LogP contribution in [0, 0.1) is 13.8 Å². The standard InChI is InChI=1S/C22H21ClN4O4S/c1-13-3-5-15(6-4-13)11-27-20(23)16(14(2)26-27)7-8-19(29)31-12-18(28)25-22-17(21(24)30)9-10-32-22/h3-10H,11-12H2,1-2H3,(H2,24,30)(H,25,28)/b8-7+. The number of halogens is 1. The van der Waals surface area contributed by atoms with E-state index in [1.165, 1.54) is 18.2 Å². The maximum Gasteiger partial charge on any atom is 0.331 e. The zero-order chi connectivity index (χ0) is 23.3. The summed E-state index contributed by atoms with van der Waals surface area (Å²) in [5, 5.41) is 9.23. The van der Waals surface area contributed by atoms with Gasteiger partial charge in [0, 0.05) is 11.6 Å². The van der Waals surface area contributed by atoms with Crippen LogP contribution in [0.3, 0.4) is 0 Å². The van der Waals surface area contributed by atoms with Crippen LogP contribution in [-0.4, -0.2) is 34.2 Å². The number of hydrogen-bond acceptors (Lipinski definition) is 6. The van der Waals surface area contributed by atoms with Crippen molar-refractivity contribution in [2.24, 2.45) is 5.73 Å². The number of nitrogens with zero attached hydrogens (tertiary/aromatic N) is 2. The Morgan fingerprint density at radius 1 is 1.22 bits per heavy atom. The SMILES string of the molecule is Cc1ccc(Cn2nc(C)c(/C=C/C(=O)OCC(=O)Nc3sccc3C(N)=O)c2Cl)cc1. The first kappa shape index (κ1) is 23.2. The number of carbonyl (C=O) groups is 3. The number of thiophene rings is 1. The van der Waals surface area contributed by atoms with Crippen LogP contribution in [0.5, 0.6) is 0 Å². The van der Waals surface area contributed by atoms with Gasteiger partial charge < -0.3 is 15.8 Å². The molecule has 1 aromatic carbocycles. The number of aryl methyl sites for hydroxylation is 2. The molecule has 2 aromatic heterocycles. The minimum atomic E-state index is -0.719. The molecule has 0 saturated heterocycles. The van der Waals surface area contributed by atoms with Gasteiger partial charge in [0.2, 0.25) is 0 Å². The third-order valence-corrected chi connectivity index (χ3v) is 5.71. The molecule has 0 aliphatic carbocycles. The highest BCUT2D eigenvalue weighted by molar-refractivity contribution is 7.14. The minimum Gasteiger partial charge on any atom is -0.452 e. The van der Waals surface area contributed by atoms with Crippen LogP contribution in [0.2, 0.25) is 5.15 Å². The summed E-state index contributed by atoms with van der Waals surface area (Å²) in [5.41, 5.74) is 8.88. The monoisotopic (exact) mass is 472 g/mol. The smallest absolute Gasteiger partial charge is 0.331 e. The van der Waals surface area contributed by atoms with Crippen LogP contribution in [0.15, 0.2) is 41.8 Å². The van der Waals surface area contributed by atoms with Crippen LogP contribution in [0.25, 0.3) is 6.08 Å². The molecule has 0 fully saturated rings. The second-order valence-corrected chi connectivity index (χ2v) is 8.22. The van der Waals surface area contributed by atoms with E-state index in [2.05, 4.69) is 10.4 Å². The molecule has 0 atom stereocenters. The lowest BCUT2D eigenvalue weighted by molar-refractivity contribution is -0.142. The number of nitrogens with one attached hydrogen (secondary N) is 1. The van der Waals surface area contributed by atoms with E-state index in [0.29, 0.717) is 28.0 Å². The van der Waals surface area contributed by atoms with Gasteiger partial charge in [0.15, 0.2) is 6.61 Å². The third-order valence-electron chi connectivity index (χ3n) is 4.48. The van der Waals surface area contributed by atoms with Gasteiger partial charge in [-0.15, -0.1) is 11.3 Å². The van der Waals surface area contributed by atoms with Crippen LogP contribution in [-0.2, 0) is 20.9 Å². The fourth-order valence-corrected chi connectivity index (χ4v) is 3.93. The molecule has 8 nitrogen and oxygen atoms in total. The van der Waals surface area contributed by atoms with E-state index in [1.54, 1.807) is 17.0 Å². The van der Waals surface area contributed by atoms with Gasteiger partial charge in [-0.2, -0.15) is 5.10 Å². The number of benzene rings is 1. The Balaban J connectivity index is 1.57. The molecule has 32 heavy (non-hydrogen) atoms. The van der Waals surface area contributed by atoms with Gasteiger partial charge in [-0.3, -0.25) is 9.59 Å². The second kappa shape index (κ2) is 10.3. The van der Waals surface area contributed by atoms with Crippen molar-refractivity contribution in [2.75, 3.05) is 11.9 Å². The molecular weight excluding hydrogens is 452 g/mol. The van der Waals surface area contributed by atoms with Crippen LogP contribution >= 0.6 is 22.9 Å². The number of amides is 2. The number of carbonyl (C=O) groups excluding carboxylic acids is 3. The van der Waals surface area contributed by atoms with Crippen molar-refractivity contribution in [3.05, 3.63) is 74.9 Å². The molecule has 3 rings (SSSR count). The zero-order valence-corrected chi connectivity index (χ0v) is 19.0. The molecule has 2 heterocycles. The van der Waals surface area contributed by atoms with Crippen molar-refractivity contribution >= 4 is 51.8 Å². The molecule has 2 amide bonds. The first-order valence-corrected chi connectivity index (χ1v) is 10.8. The van der Waals surface area contributed by atoms with Crippen LogP contribution in [0.4, 0.5) is 5.00 Å². The highest BCUT2D eigenvalue weighted by Gasteiger charge is 2.14. The summed E-state index contributed by atoms with van der Waals surface area (Å²) in [6, 6.07) is 9.54. The van der Waals surface area contributed by atoms with Crippen molar-refractivity contribution in [1.82, 2.24) is 9.78 Å². The fraction of sp³-hybridized carbons (Fsp3) is 0.182. The first-order valence-electron chi connectivity index (χ1n) is 9.55. The maximum absolute atomic E-state index is 12.0. The van der Waals surface area contributed by atoms with E-state index in [9.17, 15) is 14.4 Å².